The molecule has 0 radical (unpaired) electrons. The minimum absolute atomic E-state index is 0.0563. The molecule has 0 aliphatic heterocycles. The molecule has 4 nitrogen and oxygen atoms in total. The van der Waals surface area contributed by atoms with Crippen LogP contribution in [0.4, 0.5) is 8.78 Å². The van der Waals surface area contributed by atoms with Crippen LogP contribution >= 0.6 is 15.9 Å². The van der Waals surface area contributed by atoms with Gasteiger partial charge in [0.2, 0.25) is 0 Å². The maximum Gasteiger partial charge on any atom is 0.356 e. The van der Waals surface area contributed by atoms with E-state index < -0.39 is 12.4 Å². The molecular formula is C9H9BrF2N2O2. The SMILES string of the molecule is COC(=O)c1cc(CN)c(C(F)F)c(Br)n1. The second-order valence-corrected chi connectivity index (χ2v) is 3.62. The zero-order valence-corrected chi connectivity index (χ0v) is 9.92. The van der Waals surface area contributed by atoms with Crippen molar-refractivity contribution in [3.8, 4) is 0 Å². The number of methoxy groups -OCH3 is 1. The molecule has 0 aliphatic rings. The summed E-state index contributed by atoms with van der Waals surface area (Å²) in [5.74, 6) is -0.698. The van der Waals surface area contributed by atoms with E-state index in [1.807, 2.05) is 0 Å². The molecule has 0 amide bonds. The molecule has 0 aliphatic carbocycles. The summed E-state index contributed by atoms with van der Waals surface area (Å²) in [5, 5.41) is 0. The number of aromatic nitrogens is 1. The number of ether oxygens (including phenoxy) is 1. The first-order valence-electron chi connectivity index (χ1n) is 4.27. The van der Waals surface area contributed by atoms with Crippen LogP contribution in [-0.4, -0.2) is 18.1 Å². The number of nitrogens with zero attached hydrogens (tertiary/aromatic N) is 1. The van der Waals surface area contributed by atoms with Crippen LogP contribution in [-0.2, 0) is 11.3 Å². The third-order valence-electron chi connectivity index (χ3n) is 1.93. The predicted octanol–water partition coefficient (Wildman–Crippen LogP) is 2.03. The van der Waals surface area contributed by atoms with Gasteiger partial charge in [-0.05, 0) is 27.6 Å². The standard InChI is InChI=1S/C9H9BrF2N2O2/c1-16-9(15)5-2-4(3-13)6(8(11)12)7(10)14-5/h2,8H,3,13H2,1H3. The van der Waals surface area contributed by atoms with Crippen LogP contribution in [0, 0.1) is 0 Å². The van der Waals surface area contributed by atoms with Crippen molar-refractivity contribution in [2.75, 3.05) is 7.11 Å². The Morgan fingerprint density at radius 2 is 2.31 bits per heavy atom. The van der Waals surface area contributed by atoms with Gasteiger partial charge in [0, 0.05) is 6.54 Å². The Morgan fingerprint density at radius 3 is 2.75 bits per heavy atom. The van der Waals surface area contributed by atoms with Gasteiger partial charge in [-0.15, -0.1) is 0 Å². The van der Waals surface area contributed by atoms with E-state index in [4.69, 9.17) is 5.73 Å². The van der Waals surface area contributed by atoms with Crippen LogP contribution in [0.25, 0.3) is 0 Å². The molecule has 0 aromatic carbocycles. The average Bonchev–Trinajstić information content (AvgIpc) is 2.26. The highest BCUT2D eigenvalue weighted by atomic mass is 79.9. The zero-order chi connectivity index (χ0) is 12.3. The summed E-state index contributed by atoms with van der Waals surface area (Å²) in [6.07, 6.45) is -2.70. The van der Waals surface area contributed by atoms with Gasteiger partial charge < -0.3 is 10.5 Å². The van der Waals surface area contributed by atoms with Crippen molar-refractivity contribution in [2.45, 2.75) is 13.0 Å². The van der Waals surface area contributed by atoms with Gasteiger partial charge in [-0.25, -0.2) is 18.6 Å². The molecule has 16 heavy (non-hydrogen) atoms. The van der Waals surface area contributed by atoms with E-state index in [2.05, 4.69) is 25.7 Å². The highest BCUT2D eigenvalue weighted by Gasteiger charge is 2.20. The van der Waals surface area contributed by atoms with Crippen LogP contribution < -0.4 is 5.73 Å². The van der Waals surface area contributed by atoms with Gasteiger partial charge in [0.1, 0.15) is 10.3 Å². The van der Waals surface area contributed by atoms with E-state index in [0.29, 0.717) is 0 Å². The van der Waals surface area contributed by atoms with E-state index in [-0.39, 0.29) is 28.0 Å². The molecule has 0 unspecified atom stereocenters. The quantitative estimate of drug-likeness (QED) is 0.684. The summed E-state index contributed by atoms with van der Waals surface area (Å²) >= 11 is 2.88. The third-order valence-corrected chi connectivity index (χ3v) is 2.53. The third kappa shape index (κ3) is 2.53. The lowest BCUT2D eigenvalue weighted by Gasteiger charge is -2.10. The van der Waals surface area contributed by atoms with E-state index in [1.165, 1.54) is 13.2 Å². The minimum atomic E-state index is -2.70. The molecule has 1 aromatic heterocycles. The second kappa shape index (κ2) is 5.31. The number of carbonyl (C=O) groups excluding carboxylic acids is 1. The van der Waals surface area contributed by atoms with Gasteiger partial charge in [0.25, 0.3) is 6.43 Å². The van der Waals surface area contributed by atoms with Gasteiger partial charge in [0.15, 0.2) is 0 Å². The molecular weight excluding hydrogens is 286 g/mol. The van der Waals surface area contributed by atoms with Crippen molar-refractivity contribution in [3.63, 3.8) is 0 Å². The molecule has 7 heteroatoms. The molecule has 0 spiro atoms. The van der Waals surface area contributed by atoms with Crippen LogP contribution in [0.2, 0.25) is 0 Å². The molecule has 0 fully saturated rings. The van der Waals surface area contributed by atoms with E-state index in [1.54, 1.807) is 0 Å². The second-order valence-electron chi connectivity index (χ2n) is 2.87. The van der Waals surface area contributed by atoms with Crippen molar-refractivity contribution < 1.29 is 18.3 Å². The summed E-state index contributed by atoms with van der Waals surface area (Å²) in [5.41, 5.74) is 5.15. The number of esters is 1. The lowest BCUT2D eigenvalue weighted by atomic mass is 10.1. The first-order valence-corrected chi connectivity index (χ1v) is 5.06. The molecule has 88 valence electrons. The molecule has 0 bridgehead atoms. The monoisotopic (exact) mass is 294 g/mol. The Balaban J connectivity index is 3.32. The molecule has 0 saturated carbocycles. The van der Waals surface area contributed by atoms with Crippen LogP contribution in [0.3, 0.4) is 0 Å². The number of pyridine rings is 1. The Morgan fingerprint density at radius 1 is 1.69 bits per heavy atom. The highest BCUT2D eigenvalue weighted by Crippen LogP contribution is 2.29. The lowest BCUT2D eigenvalue weighted by Crippen LogP contribution is -2.11. The number of hydrogen-bond donors (Lipinski definition) is 1. The van der Waals surface area contributed by atoms with Crippen LogP contribution in [0.15, 0.2) is 10.7 Å². The van der Waals surface area contributed by atoms with Gasteiger partial charge in [-0.3, -0.25) is 0 Å². The highest BCUT2D eigenvalue weighted by molar-refractivity contribution is 9.10. The number of nitrogens with two attached hydrogens (primary N) is 1. The van der Waals surface area contributed by atoms with Crippen molar-refractivity contribution in [1.29, 1.82) is 0 Å². The summed E-state index contributed by atoms with van der Waals surface area (Å²) in [7, 11) is 1.18. The average molecular weight is 295 g/mol. The normalized spacial score (nSPS) is 10.6. The van der Waals surface area contributed by atoms with E-state index >= 15 is 0 Å². The van der Waals surface area contributed by atoms with E-state index in [0.717, 1.165) is 0 Å². The van der Waals surface area contributed by atoms with Crippen molar-refractivity contribution in [1.82, 2.24) is 4.98 Å². The summed E-state index contributed by atoms with van der Waals surface area (Å²) in [6, 6.07) is 1.21. The Bertz CT molecular complexity index is 413. The Kier molecular flexibility index (Phi) is 4.31. The van der Waals surface area contributed by atoms with Crippen molar-refractivity contribution in [2.24, 2.45) is 5.73 Å². The minimum Gasteiger partial charge on any atom is -0.464 e. The number of carbonyl (C=O) groups is 1. The van der Waals surface area contributed by atoms with Crippen molar-refractivity contribution in [3.05, 3.63) is 27.5 Å². The number of rotatable bonds is 3. The number of alkyl halides is 2. The molecule has 1 aromatic rings. The molecule has 0 saturated heterocycles. The molecule has 1 rings (SSSR count). The fraction of sp³-hybridized carbons (Fsp3) is 0.333. The van der Waals surface area contributed by atoms with Crippen LogP contribution in [0.5, 0.6) is 0 Å². The predicted molar refractivity (Wildman–Crippen MR) is 56.1 cm³/mol. The van der Waals surface area contributed by atoms with Crippen LogP contribution in [0.1, 0.15) is 28.0 Å². The number of hydrogen-bond acceptors (Lipinski definition) is 4. The molecule has 0 atom stereocenters. The fourth-order valence-electron chi connectivity index (χ4n) is 1.18. The summed E-state index contributed by atoms with van der Waals surface area (Å²) < 4.78 is 29.6. The van der Waals surface area contributed by atoms with E-state index in [9.17, 15) is 13.6 Å². The van der Waals surface area contributed by atoms with Gasteiger partial charge in [-0.1, -0.05) is 0 Å². The zero-order valence-electron chi connectivity index (χ0n) is 8.34. The van der Waals surface area contributed by atoms with Gasteiger partial charge >= 0.3 is 5.97 Å². The van der Waals surface area contributed by atoms with Crippen molar-refractivity contribution >= 4 is 21.9 Å². The largest absolute Gasteiger partial charge is 0.464 e. The van der Waals surface area contributed by atoms with Gasteiger partial charge in [0.05, 0.1) is 12.7 Å². The molecule has 2 N–H and O–H groups in total. The maximum absolute atomic E-state index is 12.6. The number of halogens is 3. The first-order chi connectivity index (χ1) is 7.51. The topological polar surface area (TPSA) is 65.2 Å². The maximum atomic E-state index is 12.6. The summed E-state index contributed by atoms with van der Waals surface area (Å²) in [4.78, 5) is 14.9. The first kappa shape index (κ1) is 13.0. The summed E-state index contributed by atoms with van der Waals surface area (Å²) in [6.45, 7) is -0.106. The fourth-order valence-corrected chi connectivity index (χ4v) is 1.80. The Labute approximate surface area is 98.9 Å². The smallest absolute Gasteiger partial charge is 0.356 e. The van der Waals surface area contributed by atoms with Gasteiger partial charge in [-0.2, -0.15) is 0 Å². The lowest BCUT2D eigenvalue weighted by molar-refractivity contribution is 0.0593. The molecule has 1 heterocycles. The Hall–Kier alpha value is -1.08.